The smallest absolute Gasteiger partial charge is 0.870 e. The first-order chi connectivity index (χ1) is 3.30. The molecule has 1 heterocycles. The predicted octanol–water partition coefficient (Wildman–Crippen LogP) is -0.496. The third kappa shape index (κ3) is 4.05. The van der Waals surface area contributed by atoms with E-state index in [1.54, 1.807) is 4.90 Å². The molecule has 0 atom stereocenters. The van der Waals surface area contributed by atoms with E-state index >= 15 is 0 Å². The van der Waals surface area contributed by atoms with Crippen LogP contribution in [0.2, 0.25) is 0 Å². The topological polar surface area (TPSA) is 80.3 Å². The van der Waals surface area contributed by atoms with E-state index in [0.717, 1.165) is 19.4 Å². The van der Waals surface area contributed by atoms with Crippen molar-refractivity contribution in [2.75, 3.05) is 13.6 Å². The summed E-state index contributed by atoms with van der Waals surface area (Å²) in [5, 5.41) is 0. The van der Waals surface area contributed by atoms with Crippen molar-refractivity contribution in [2.45, 2.75) is 12.8 Å². The van der Waals surface area contributed by atoms with Crippen LogP contribution < -0.4 is 0 Å². The van der Waals surface area contributed by atoms with Crippen LogP contribution in [-0.2, 0) is 4.79 Å². The maximum Gasteiger partial charge on any atom is 2.00 e. The molecule has 0 bridgehead atoms. The third-order valence-electron chi connectivity index (χ3n) is 1.31. The average Bonchev–Trinajstić information content (AvgIpc) is 1.91. The summed E-state index contributed by atoms with van der Waals surface area (Å²) in [7, 11) is 1.84. The standard InChI is InChI=1S/C5H9NO.Mg.2H2O/c1-6-4-2-3-5(6)7;;;/h2-4H2,1H3;;2*1H2/q;+2;;/p-2. The molecule has 1 saturated heterocycles. The molecule has 56 valence electrons. The van der Waals surface area contributed by atoms with Crippen LogP contribution in [0.4, 0.5) is 0 Å². The summed E-state index contributed by atoms with van der Waals surface area (Å²) >= 11 is 0. The van der Waals surface area contributed by atoms with Gasteiger partial charge in [-0.25, -0.2) is 0 Å². The summed E-state index contributed by atoms with van der Waals surface area (Å²) in [6, 6.07) is 0. The Hall–Kier alpha value is 0.156. The van der Waals surface area contributed by atoms with Crippen LogP contribution >= 0.6 is 0 Å². The normalized spacial score (nSPS) is 14.9. The number of likely N-dealkylation sites (tertiary alicyclic amines) is 1. The second kappa shape index (κ2) is 7.27. The summed E-state index contributed by atoms with van der Waals surface area (Å²) in [5.41, 5.74) is 0. The van der Waals surface area contributed by atoms with Gasteiger partial charge in [-0.3, -0.25) is 4.79 Å². The van der Waals surface area contributed by atoms with Crippen molar-refractivity contribution in [2.24, 2.45) is 0 Å². The summed E-state index contributed by atoms with van der Waals surface area (Å²) in [5.74, 6) is 0.292. The summed E-state index contributed by atoms with van der Waals surface area (Å²) in [6.45, 7) is 0.957. The minimum absolute atomic E-state index is 0. The third-order valence-corrected chi connectivity index (χ3v) is 1.31. The Balaban J connectivity index is -0.000000163. The van der Waals surface area contributed by atoms with E-state index in [0.29, 0.717) is 5.91 Å². The van der Waals surface area contributed by atoms with Gasteiger partial charge in [-0.2, -0.15) is 0 Å². The number of nitrogens with zero attached hydrogens (tertiary/aromatic N) is 1. The Morgan fingerprint density at radius 3 is 2.00 bits per heavy atom. The number of carbonyl (C=O) groups excluding carboxylic acids is 1. The molecule has 0 aromatic carbocycles. The molecule has 4 nitrogen and oxygen atoms in total. The van der Waals surface area contributed by atoms with Crippen molar-refractivity contribution in [1.29, 1.82) is 0 Å². The van der Waals surface area contributed by atoms with Gasteiger partial charge in [-0.1, -0.05) is 0 Å². The average molecular weight is 157 g/mol. The first-order valence-electron chi connectivity index (χ1n) is 2.54. The molecule has 1 amide bonds. The van der Waals surface area contributed by atoms with E-state index < -0.39 is 0 Å². The zero-order chi connectivity index (χ0) is 5.28. The zero-order valence-corrected chi connectivity index (χ0v) is 7.49. The number of hydrogen-bond acceptors (Lipinski definition) is 3. The molecule has 5 heteroatoms. The molecule has 0 aromatic rings. The van der Waals surface area contributed by atoms with Crippen molar-refractivity contribution < 1.29 is 15.7 Å². The fourth-order valence-electron chi connectivity index (χ4n) is 0.783. The molecular weight excluding hydrogens is 146 g/mol. The minimum Gasteiger partial charge on any atom is -0.870 e. The number of amides is 1. The van der Waals surface area contributed by atoms with Crippen LogP contribution in [0.1, 0.15) is 12.8 Å². The monoisotopic (exact) mass is 157 g/mol. The Labute approximate surface area is 76.3 Å². The van der Waals surface area contributed by atoms with Gasteiger partial charge in [0.05, 0.1) is 0 Å². The quantitative estimate of drug-likeness (QED) is 0.445. The fraction of sp³-hybridized carbons (Fsp3) is 0.800. The molecule has 0 aromatic heterocycles. The molecule has 2 N–H and O–H groups in total. The molecule has 0 spiro atoms. The van der Waals surface area contributed by atoms with Crippen LogP contribution in [-0.4, -0.2) is 58.4 Å². The number of carbonyl (C=O) groups is 1. The molecule has 0 unspecified atom stereocenters. The summed E-state index contributed by atoms with van der Waals surface area (Å²) in [4.78, 5) is 12.3. The van der Waals surface area contributed by atoms with E-state index in [1.165, 1.54) is 0 Å². The van der Waals surface area contributed by atoms with Gasteiger partial charge in [0.1, 0.15) is 0 Å². The van der Waals surface area contributed by atoms with E-state index in [1.807, 2.05) is 7.05 Å². The molecular formula is C5H11MgNO3. The van der Waals surface area contributed by atoms with Gasteiger partial charge in [0, 0.05) is 20.0 Å². The fourth-order valence-corrected chi connectivity index (χ4v) is 0.783. The molecule has 1 aliphatic rings. The zero-order valence-electron chi connectivity index (χ0n) is 6.08. The van der Waals surface area contributed by atoms with Gasteiger partial charge in [0.15, 0.2) is 0 Å². The van der Waals surface area contributed by atoms with Gasteiger partial charge in [-0.15, -0.1) is 0 Å². The second-order valence-electron chi connectivity index (χ2n) is 1.92. The molecule has 0 radical (unpaired) electrons. The van der Waals surface area contributed by atoms with Crippen LogP contribution in [0.5, 0.6) is 0 Å². The van der Waals surface area contributed by atoms with Crippen molar-refractivity contribution in [3.63, 3.8) is 0 Å². The molecule has 1 fully saturated rings. The maximum atomic E-state index is 10.5. The van der Waals surface area contributed by atoms with Crippen LogP contribution in [0.25, 0.3) is 0 Å². The van der Waals surface area contributed by atoms with Crippen molar-refractivity contribution in [1.82, 2.24) is 4.90 Å². The van der Waals surface area contributed by atoms with E-state index in [2.05, 4.69) is 0 Å². The van der Waals surface area contributed by atoms with E-state index in [-0.39, 0.29) is 34.0 Å². The maximum absolute atomic E-state index is 10.5. The van der Waals surface area contributed by atoms with Crippen molar-refractivity contribution >= 4 is 29.0 Å². The summed E-state index contributed by atoms with van der Waals surface area (Å²) in [6.07, 6.45) is 1.81. The van der Waals surface area contributed by atoms with E-state index in [4.69, 9.17) is 0 Å². The van der Waals surface area contributed by atoms with Gasteiger partial charge in [-0.05, 0) is 6.42 Å². The van der Waals surface area contributed by atoms with Gasteiger partial charge < -0.3 is 15.9 Å². The molecule has 1 rings (SSSR count). The molecule has 0 aliphatic carbocycles. The molecule has 0 saturated carbocycles. The van der Waals surface area contributed by atoms with Crippen LogP contribution in [0, 0.1) is 0 Å². The summed E-state index contributed by atoms with van der Waals surface area (Å²) < 4.78 is 0. The van der Waals surface area contributed by atoms with Gasteiger partial charge in [0.25, 0.3) is 0 Å². The molecule has 1 aliphatic heterocycles. The Bertz CT molecular complexity index is 98.9. The van der Waals surface area contributed by atoms with Crippen LogP contribution in [0.3, 0.4) is 0 Å². The first-order valence-corrected chi connectivity index (χ1v) is 2.54. The predicted molar refractivity (Wildman–Crippen MR) is 36.5 cm³/mol. The largest absolute Gasteiger partial charge is 2.00 e. The van der Waals surface area contributed by atoms with Crippen molar-refractivity contribution in [3.8, 4) is 0 Å². The van der Waals surface area contributed by atoms with E-state index in [9.17, 15) is 4.79 Å². The van der Waals surface area contributed by atoms with Gasteiger partial charge >= 0.3 is 23.1 Å². The van der Waals surface area contributed by atoms with Crippen LogP contribution in [0.15, 0.2) is 0 Å². The SMILES string of the molecule is CN1CCCC1=O.[Mg+2].[OH-].[OH-]. The van der Waals surface area contributed by atoms with Gasteiger partial charge in [0.2, 0.25) is 5.91 Å². The second-order valence-corrected chi connectivity index (χ2v) is 1.92. The minimum atomic E-state index is 0. The Kier molecular flexibility index (Phi) is 12.1. The Morgan fingerprint density at radius 2 is 1.90 bits per heavy atom. The van der Waals surface area contributed by atoms with Crippen molar-refractivity contribution in [3.05, 3.63) is 0 Å². The Morgan fingerprint density at radius 1 is 1.40 bits per heavy atom. The number of rotatable bonds is 0. The first kappa shape index (κ1) is 16.6. The molecule has 10 heavy (non-hydrogen) atoms. The number of hydrogen-bond donors (Lipinski definition) is 0.